The zero-order chi connectivity index (χ0) is 12.3. The number of rotatable bonds is 3. The van der Waals surface area contributed by atoms with Gasteiger partial charge in [0.25, 0.3) is 0 Å². The maximum absolute atomic E-state index is 11.9. The molecule has 1 aromatic rings. The summed E-state index contributed by atoms with van der Waals surface area (Å²) in [7, 11) is 0. The van der Waals surface area contributed by atoms with Gasteiger partial charge in [-0.05, 0) is 30.7 Å². The smallest absolute Gasteiger partial charge is 0.389 e. The van der Waals surface area contributed by atoms with Gasteiger partial charge >= 0.3 is 6.18 Å². The number of aryl methyl sites for hydroxylation is 1. The Morgan fingerprint density at radius 3 is 2.50 bits per heavy atom. The highest BCUT2D eigenvalue weighted by atomic mass is 19.4. The van der Waals surface area contributed by atoms with Crippen LogP contribution < -0.4 is 5.73 Å². The van der Waals surface area contributed by atoms with Crippen LogP contribution in [0.2, 0.25) is 0 Å². The molecule has 1 rings (SSSR count). The van der Waals surface area contributed by atoms with Crippen molar-refractivity contribution in [3.63, 3.8) is 0 Å². The number of benzene rings is 1. The van der Waals surface area contributed by atoms with Gasteiger partial charge in [-0.2, -0.15) is 13.2 Å². The third kappa shape index (κ3) is 3.56. The second kappa shape index (κ2) is 4.55. The fourth-order valence-electron chi connectivity index (χ4n) is 1.39. The van der Waals surface area contributed by atoms with Gasteiger partial charge in [-0.25, -0.2) is 0 Å². The molecule has 2 N–H and O–H groups in total. The second-order valence-electron chi connectivity index (χ2n) is 3.61. The molecule has 0 radical (unpaired) electrons. The minimum Gasteiger partial charge on any atom is -0.399 e. The van der Waals surface area contributed by atoms with Crippen LogP contribution in [0.3, 0.4) is 0 Å². The maximum Gasteiger partial charge on any atom is 0.389 e. The van der Waals surface area contributed by atoms with E-state index >= 15 is 0 Å². The van der Waals surface area contributed by atoms with Crippen molar-refractivity contribution in [3.8, 4) is 0 Å². The zero-order valence-corrected chi connectivity index (χ0v) is 8.77. The average Bonchev–Trinajstić information content (AvgIpc) is 2.13. The summed E-state index contributed by atoms with van der Waals surface area (Å²) in [5, 5.41) is 0. The van der Waals surface area contributed by atoms with Crippen LogP contribution in [0.5, 0.6) is 0 Å². The molecule has 88 valence electrons. The first-order valence-corrected chi connectivity index (χ1v) is 4.75. The van der Waals surface area contributed by atoms with Crippen LogP contribution in [0.15, 0.2) is 18.2 Å². The lowest BCUT2D eigenvalue weighted by Gasteiger charge is -2.07. The molecule has 0 atom stereocenters. The van der Waals surface area contributed by atoms with Crippen molar-refractivity contribution in [2.45, 2.75) is 25.9 Å². The van der Waals surface area contributed by atoms with Crippen LogP contribution in [-0.2, 0) is 0 Å². The molecular weight excluding hydrogens is 219 g/mol. The molecule has 0 amide bonds. The van der Waals surface area contributed by atoms with Crippen molar-refractivity contribution in [1.82, 2.24) is 0 Å². The van der Waals surface area contributed by atoms with E-state index in [4.69, 9.17) is 5.73 Å². The summed E-state index contributed by atoms with van der Waals surface area (Å²) in [5.41, 5.74) is 6.88. The zero-order valence-electron chi connectivity index (χ0n) is 8.77. The number of Topliss-reactive ketones (excluding diaryl/α,β-unsaturated/α-hetero) is 1. The number of hydrogen-bond acceptors (Lipinski definition) is 2. The van der Waals surface area contributed by atoms with Crippen LogP contribution in [0.4, 0.5) is 18.9 Å². The van der Waals surface area contributed by atoms with E-state index in [9.17, 15) is 18.0 Å². The molecule has 0 saturated heterocycles. The molecule has 5 heteroatoms. The molecular formula is C11H12F3NO. The molecule has 2 nitrogen and oxygen atoms in total. The first kappa shape index (κ1) is 12.5. The van der Waals surface area contributed by atoms with Crippen molar-refractivity contribution in [2.24, 2.45) is 0 Å². The number of carbonyl (C=O) groups excluding carboxylic acids is 1. The maximum atomic E-state index is 11.9. The van der Waals surface area contributed by atoms with Crippen molar-refractivity contribution < 1.29 is 18.0 Å². The average molecular weight is 231 g/mol. The summed E-state index contributed by atoms with van der Waals surface area (Å²) < 4.78 is 35.8. The molecule has 0 aliphatic heterocycles. The summed E-state index contributed by atoms with van der Waals surface area (Å²) in [5.74, 6) is -0.505. The first-order chi connectivity index (χ1) is 7.29. The van der Waals surface area contributed by atoms with E-state index in [1.807, 2.05) is 0 Å². The fourth-order valence-corrected chi connectivity index (χ4v) is 1.39. The number of carbonyl (C=O) groups is 1. The van der Waals surface area contributed by atoms with E-state index in [2.05, 4.69) is 0 Å². The molecule has 0 fully saturated rings. The van der Waals surface area contributed by atoms with Gasteiger partial charge in [-0.3, -0.25) is 4.79 Å². The number of halogens is 3. The van der Waals surface area contributed by atoms with Crippen molar-refractivity contribution in [2.75, 3.05) is 5.73 Å². The molecule has 0 aliphatic carbocycles. The van der Waals surface area contributed by atoms with Gasteiger partial charge in [0.15, 0.2) is 5.78 Å². The lowest BCUT2D eigenvalue weighted by Crippen LogP contribution is -2.11. The normalized spacial score (nSPS) is 11.5. The molecule has 0 saturated carbocycles. The lowest BCUT2D eigenvalue weighted by atomic mass is 10.0. The van der Waals surface area contributed by atoms with E-state index in [0.29, 0.717) is 16.8 Å². The third-order valence-corrected chi connectivity index (χ3v) is 2.19. The Morgan fingerprint density at radius 2 is 2.00 bits per heavy atom. The van der Waals surface area contributed by atoms with Gasteiger partial charge in [0.1, 0.15) is 0 Å². The SMILES string of the molecule is Cc1cc(N)ccc1C(=O)CCC(F)(F)F. The van der Waals surface area contributed by atoms with E-state index in [-0.39, 0.29) is 0 Å². The number of anilines is 1. The van der Waals surface area contributed by atoms with E-state index in [0.717, 1.165) is 0 Å². The van der Waals surface area contributed by atoms with Crippen molar-refractivity contribution in [3.05, 3.63) is 29.3 Å². The summed E-state index contributed by atoms with van der Waals surface area (Å²) in [6.45, 7) is 1.65. The molecule has 0 unspecified atom stereocenters. The summed E-state index contributed by atoms with van der Waals surface area (Å²) >= 11 is 0. The van der Waals surface area contributed by atoms with E-state index in [1.54, 1.807) is 13.0 Å². The van der Waals surface area contributed by atoms with Gasteiger partial charge in [0.05, 0.1) is 6.42 Å². The first-order valence-electron chi connectivity index (χ1n) is 4.75. The van der Waals surface area contributed by atoms with Gasteiger partial charge < -0.3 is 5.73 Å². The quantitative estimate of drug-likeness (QED) is 0.641. The van der Waals surface area contributed by atoms with Crippen molar-refractivity contribution in [1.29, 1.82) is 0 Å². The third-order valence-electron chi connectivity index (χ3n) is 2.19. The standard InChI is InChI=1S/C11H12F3NO/c1-7-6-8(15)2-3-9(7)10(16)4-5-11(12,13)14/h2-3,6H,4-5,15H2,1H3. The monoisotopic (exact) mass is 231 g/mol. The minimum atomic E-state index is -4.29. The summed E-state index contributed by atoms with van der Waals surface area (Å²) in [4.78, 5) is 11.5. The number of nitrogens with two attached hydrogens (primary N) is 1. The topological polar surface area (TPSA) is 43.1 Å². The van der Waals surface area contributed by atoms with Gasteiger partial charge in [-0.1, -0.05) is 0 Å². The van der Waals surface area contributed by atoms with Crippen molar-refractivity contribution >= 4 is 11.5 Å². The predicted molar refractivity (Wildman–Crippen MR) is 55.2 cm³/mol. The van der Waals surface area contributed by atoms with Crippen LogP contribution in [-0.4, -0.2) is 12.0 Å². The Morgan fingerprint density at radius 1 is 1.38 bits per heavy atom. The van der Waals surface area contributed by atoms with Gasteiger partial charge in [-0.15, -0.1) is 0 Å². The Bertz CT molecular complexity index is 399. The number of hydrogen-bond donors (Lipinski definition) is 1. The molecule has 0 spiro atoms. The molecule has 0 bridgehead atoms. The largest absolute Gasteiger partial charge is 0.399 e. The highest BCUT2D eigenvalue weighted by Gasteiger charge is 2.28. The van der Waals surface area contributed by atoms with Crippen LogP contribution in [0.25, 0.3) is 0 Å². The summed E-state index contributed by atoms with van der Waals surface area (Å²) in [6, 6.07) is 4.54. The number of nitrogen functional groups attached to an aromatic ring is 1. The molecule has 0 heterocycles. The molecule has 16 heavy (non-hydrogen) atoms. The van der Waals surface area contributed by atoms with Gasteiger partial charge in [0.2, 0.25) is 0 Å². The van der Waals surface area contributed by atoms with E-state index in [1.165, 1.54) is 12.1 Å². The second-order valence-corrected chi connectivity index (χ2v) is 3.61. The molecule has 0 aliphatic rings. The van der Waals surface area contributed by atoms with Crippen LogP contribution >= 0.6 is 0 Å². The minimum absolute atomic E-state index is 0.304. The molecule has 0 aromatic heterocycles. The predicted octanol–water partition coefficient (Wildman–Crippen LogP) is 3.10. The number of alkyl halides is 3. The van der Waals surface area contributed by atoms with Crippen LogP contribution in [0, 0.1) is 6.92 Å². The summed E-state index contributed by atoms with van der Waals surface area (Å²) in [6.07, 6.45) is -5.90. The highest BCUT2D eigenvalue weighted by Crippen LogP contribution is 2.23. The highest BCUT2D eigenvalue weighted by molar-refractivity contribution is 5.97. The Hall–Kier alpha value is -1.52. The lowest BCUT2D eigenvalue weighted by molar-refractivity contribution is -0.133. The fraction of sp³-hybridized carbons (Fsp3) is 0.364. The Kier molecular flexibility index (Phi) is 3.57. The molecule has 1 aromatic carbocycles. The van der Waals surface area contributed by atoms with Crippen LogP contribution in [0.1, 0.15) is 28.8 Å². The number of ketones is 1. The van der Waals surface area contributed by atoms with Gasteiger partial charge in [0, 0.05) is 17.7 Å². The van der Waals surface area contributed by atoms with E-state index < -0.39 is 24.8 Å². The Balaban J connectivity index is 2.74. The Labute approximate surface area is 91.3 Å².